The zero-order chi connectivity index (χ0) is 15.4. The molecule has 5 nitrogen and oxygen atoms in total. The number of benzene rings is 1. The van der Waals surface area contributed by atoms with Gasteiger partial charge in [-0.2, -0.15) is 0 Å². The minimum absolute atomic E-state index is 0.0495. The third-order valence-corrected chi connectivity index (χ3v) is 4.78. The number of hydrogen-bond donors (Lipinski definition) is 0. The SMILES string of the molecule is COc1ccccc1C(=O)CSc1nnc2n1CCCCC2. The highest BCUT2D eigenvalue weighted by Gasteiger charge is 2.17. The number of hydrogen-bond acceptors (Lipinski definition) is 5. The van der Waals surface area contributed by atoms with Gasteiger partial charge in [0.2, 0.25) is 0 Å². The Kier molecular flexibility index (Phi) is 4.77. The predicted molar refractivity (Wildman–Crippen MR) is 85.6 cm³/mol. The van der Waals surface area contributed by atoms with Gasteiger partial charge >= 0.3 is 0 Å². The summed E-state index contributed by atoms with van der Waals surface area (Å²) in [6, 6.07) is 7.32. The first-order valence-electron chi connectivity index (χ1n) is 7.50. The van der Waals surface area contributed by atoms with Gasteiger partial charge in [0.25, 0.3) is 0 Å². The minimum Gasteiger partial charge on any atom is -0.496 e. The molecular weight excluding hydrogens is 298 g/mol. The standard InChI is InChI=1S/C16H19N3O2S/c1-21-14-8-5-4-7-12(14)13(20)11-22-16-18-17-15-9-3-2-6-10-19(15)16/h4-5,7-8H,2-3,6,9-11H2,1H3. The number of aromatic nitrogens is 3. The molecule has 0 bridgehead atoms. The molecule has 0 fully saturated rings. The lowest BCUT2D eigenvalue weighted by molar-refractivity contribution is 0.101. The number of para-hydroxylation sites is 1. The van der Waals surface area contributed by atoms with Crippen LogP contribution in [0.3, 0.4) is 0 Å². The Bertz CT molecular complexity index is 669. The Morgan fingerprint density at radius 1 is 1.27 bits per heavy atom. The lowest BCUT2D eigenvalue weighted by Crippen LogP contribution is -2.07. The molecule has 2 aromatic rings. The van der Waals surface area contributed by atoms with Crippen molar-refractivity contribution in [2.45, 2.75) is 37.4 Å². The van der Waals surface area contributed by atoms with Crippen LogP contribution < -0.4 is 4.74 Å². The quantitative estimate of drug-likeness (QED) is 0.627. The third kappa shape index (κ3) is 3.16. The summed E-state index contributed by atoms with van der Waals surface area (Å²) in [6.45, 7) is 0.952. The molecule has 0 saturated carbocycles. The van der Waals surface area contributed by atoms with Crippen molar-refractivity contribution in [3.8, 4) is 5.75 Å². The van der Waals surface area contributed by atoms with E-state index in [1.54, 1.807) is 19.2 Å². The highest BCUT2D eigenvalue weighted by atomic mass is 32.2. The summed E-state index contributed by atoms with van der Waals surface area (Å²) < 4.78 is 7.41. The number of carbonyl (C=O) groups excluding carboxylic acids is 1. The second kappa shape index (κ2) is 6.96. The van der Waals surface area contributed by atoms with Crippen molar-refractivity contribution in [3.05, 3.63) is 35.7 Å². The summed E-state index contributed by atoms with van der Waals surface area (Å²) in [6.07, 6.45) is 4.53. The number of fused-ring (bicyclic) bond motifs is 1. The van der Waals surface area contributed by atoms with Crippen molar-refractivity contribution in [2.24, 2.45) is 0 Å². The maximum Gasteiger partial charge on any atom is 0.191 e. The second-order valence-corrected chi connectivity index (χ2v) is 6.22. The lowest BCUT2D eigenvalue weighted by atomic mass is 10.1. The molecule has 0 saturated heterocycles. The Morgan fingerprint density at radius 2 is 2.14 bits per heavy atom. The van der Waals surface area contributed by atoms with E-state index in [-0.39, 0.29) is 5.78 Å². The molecule has 3 rings (SSSR count). The van der Waals surface area contributed by atoms with Gasteiger partial charge in [-0.25, -0.2) is 0 Å². The van der Waals surface area contributed by atoms with Crippen molar-refractivity contribution in [1.82, 2.24) is 14.8 Å². The topological polar surface area (TPSA) is 57.0 Å². The summed E-state index contributed by atoms with van der Waals surface area (Å²) in [7, 11) is 1.58. The van der Waals surface area contributed by atoms with Crippen LogP contribution in [0.2, 0.25) is 0 Å². The van der Waals surface area contributed by atoms with E-state index in [1.807, 2.05) is 12.1 Å². The summed E-state index contributed by atoms with van der Waals surface area (Å²) in [4.78, 5) is 12.4. The van der Waals surface area contributed by atoms with Gasteiger partial charge in [-0.3, -0.25) is 4.79 Å². The fourth-order valence-corrected chi connectivity index (χ4v) is 3.51. The largest absolute Gasteiger partial charge is 0.496 e. The predicted octanol–water partition coefficient (Wildman–Crippen LogP) is 2.99. The van der Waals surface area contributed by atoms with Crippen LogP contribution in [-0.4, -0.2) is 33.4 Å². The molecule has 0 spiro atoms. The summed E-state index contributed by atoms with van der Waals surface area (Å²) in [5, 5.41) is 9.34. The van der Waals surface area contributed by atoms with Gasteiger partial charge in [0.15, 0.2) is 10.9 Å². The maximum absolute atomic E-state index is 12.4. The first kappa shape index (κ1) is 15.1. The number of aryl methyl sites for hydroxylation is 1. The van der Waals surface area contributed by atoms with Gasteiger partial charge < -0.3 is 9.30 Å². The molecule has 1 aromatic heterocycles. The maximum atomic E-state index is 12.4. The molecule has 1 aliphatic rings. The normalized spacial score (nSPS) is 14.2. The van der Waals surface area contributed by atoms with Crippen molar-refractivity contribution in [3.63, 3.8) is 0 Å². The molecule has 0 unspecified atom stereocenters. The number of ketones is 1. The molecule has 0 amide bonds. The molecule has 0 aliphatic carbocycles. The van der Waals surface area contributed by atoms with Crippen LogP contribution >= 0.6 is 11.8 Å². The Balaban J connectivity index is 1.70. The zero-order valence-corrected chi connectivity index (χ0v) is 13.4. The summed E-state index contributed by atoms with van der Waals surface area (Å²) >= 11 is 1.46. The zero-order valence-electron chi connectivity index (χ0n) is 12.6. The molecule has 0 N–H and O–H groups in total. The smallest absolute Gasteiger partial charge is 0.191 e. The summed E-state index contributed by atoms with van der Waals surface area (Å²) in [5.41, 5.74) is 0.619. The van der Waals surface area contributed by atoms with Gasteiger partial charge in [-0.1, -0.05) is 30.3 Å². The van der Waals surface area contributed by atoms with Gasteiger partial charge in [0.1, 0.15) is 11.6 Å². The van der Waals surface area contributed by atoms with Crippen molar-refractivity contribution >= 4 is 17.5 Å². The highest BCUT2D eigenvalue weighted by molar-refractivity contribution is 7.99. The molecule has 0 radical (unpaired) electrons. The van der Waals surface area contributed by atoms with E-state index < -0.39 is 0 Å². The van der Waals surface area contributed by atoms with E-state index >= 15 is 0 Å². The Labute approximate surface area is 134 Å². The molecule has 1 aliphatic heterocycles. The lowest BCUT2D eigenvalue weighted by Gasteiger charge is -2.08. The van der Waals surface area contributed by atoms with E-state index in [9.17, 15) is 4.79 Å². The van der Waals surface area contributed by atoms with Gasteiger partial charge in [-0.15, -0.1) is 10.2 Å². The number of methoxy groups -OCH3 is 1. The molecule has 116 valence electrons. The van der Waals surface area contributed by atoms with Crippen LogP contribution in [-0.2, 0) is 13.0 Å². The highest BCUT2D eigenvalue weighted by Crippen LogP contribution is 2.24. The molecule has 0 atom stereocenters. The number of thioether (sulfide) groups is 1. The minimum atomic E-state index is 0.0495. The Morgan fingerprint density at radius 3 is 3.00 bits per heavy atom. The van der Waals surface area contributed by atoms with Crippen LogP contribution in [0.5, 0.6) is 5.75 Å². The molecular formula is C16H19N3O2S. The number of nitrogens with zero attached hydrogens (tertiary/aromatic N) is 3. The van der Waals surface area contributed by atoms with E-state index in [0.29, 0.717) is 17.1 Å². The first-order valence-corrected chi connectivity index (χ1v) is 8.49. The van der Waals surface area contributed by atoms with Gasteiger partial charge in [0, 0.05) is 13.0 Å². The fraction of sp³-hybridized carbons (Fsp3) is 0.438. The number of rotatable bonds is 5. The van der Waals surface area contributed by atoms with Crippen LogP contribution in [0.1, 0.15) is 35.4 Å². The summed E-state index contributed by atoms with van der Waals surface area (Å²) in [5.74, 6) is 2.06. The van der Waals surface area contributed by atoms with E-state index in [0.717, 1.165) is 30.4 Å². The van der Waals surface area contributed by atoms with Crippen LogP contribution in [0, 0.1) is 0 Å². The Hall–Kier alpha value is -1.82. The van der Waals surface area contributed by atoms with Crippen molar-refractivity contribution in [2.75, 3.05) is 12.9 Å². The molecule has 22 heavy (non-hydrogen) atoms. The van der Waals surface area contributed by atoms with Crippen molar-refractivity contribution in [1.29, 1.82) is 0 Å². The van der Waals surface area contributed by atoms with Crippen LogP contribution in [0.4, 0.5) is 0 Å². The first-order chi connectivity index (χ1) is 10.8. The van der Waals surface area contributed by atoms with Crippen LogP contribution in [0.25, 0.3) is 0 Å². The van der Waals surface area contributed by atoms with E-state index in [4.69, 9.17) is 4.74 Å². The monoisotopic (exact) mass is 317 g/mol. The molecule has 2 heterocycles. The average Bonchev–Trinajstić information content (AvgIpc) is 2.79. The number of carbonyl (C=O) groups is 1. The third-order valence-electron chi connectivity index (χ3n) is 3.82. The second-order valence-electron chi connectivity index (χ2n) is 5.27. The van der Waals surface area contributed by atoms with Gasteiger partial charge in [-0.05, 0) is 25.0 Å². The van der Waals surface area contributed by atoms with Crippen molar-refractivity contribution < 1.29 is 9.53 Å². The fourth-order valence-electron chi connectivity index (χ4n) is 2.65. The van der Waals surface area contributed by atoms with E-state index in [2.05, 4.69) is 14.8 Å². The molecule has 1 aromatic carbocycles. The average molecular weight is 317 g/mol. The molecule has 6 heteroatoms. The van der Waals surface area contributed by atoms with E-state index in [1.165, 1.54) is 24.6 Å². The number of ether oxygens (including phenoxy) is 1. The van der Waals surface area contributed by atoms with Gasteiger partial charge in [0.05, 0.1) is 18.4 Å². The number of Topliss-reactive ketones (excluding diaryl/α,β-unsaturated/α-hetero) is 1. The van der Waals surface area contributed by atoms with Crippen LogP contribution in [0.15, 0.2) is 29.4 Å².